The first-order chi connectivity index (χ1) is 6.57. The number of nitrogens with two attached hydrogens (primary N) is 2. The fourth-order valence-corrected chi connectivity index (χ4v) is 1.66. The number of halogens is 4. The van der Waals surface area contributed by atoms with Gasteiger partial charge < -0.3 is 11.5 Å². The highest BCUT2D eigenvalue weighted by Crippen LogP contribution is 2.30. The Hall–Kier alpha value is -0.0600. The zero-order chi connectivity index (χ0) is 10.7. The molecule has 1 rings (SSSR count). The summed E-state index contributed by atoms with van der Waals surface area (Å²) in [5.74, 6) is -0.555. The maximum Gasteiger partial charge on any atom is 0.148 e. The Balaban J connectivity index is 0.00000196. The van der Waals surface area contributed by atoms with E-state index >= 15 is 0 Å². The molecule has 0 aliphatic heterocycles. The topological polar surface area (TPSA) is 52.0 Å². The summed E-state index contributed by atoms with van der Waals surface area (Å²) >= 11 is 11.4. The molecule has 0 saturated heterocycles. The van der Waals surface area contributed by atoms with E-state index in [1.165, 1.54) is 12.1 Å². The van der Waals surface area contributed by atoms with Gasteiger partial charge in [-0.2, -0.15) is 0 Å². The Morgan fingerprint density at radius 1 is 1.27 bits per heavy atom. The normalized spacial score (nSPS) is 12.1. The van der Waals surface area contributed by atoms with Crippen molar-refractivity contribution in [2.75, 3.05) is 6.54 Å². The lowest BCUT2D eigenvalue weighted by Gasteiger charge is -2.14. The van der Waals surface area contributed by atoms with Gasteiger partial charge in [-0.05, 0) is 25.1 Å². The van der Waals surface area contributed by atoms with Crippen LogP contribution in [0.15, 0.2) is 12.1 Å². The minimum absolute atomic E-state index is 0. The molecular weight excluding hydrogens is 261 g/mol. The van der Waals surface area contributed by atoms with Gasteiger partial charge in [0, 0.05) is 16.6 Å². The summed E-state index contributed by atoms with van der Waals surface area (Å²) in [6.07, 6.45) is 0.469. The third-order valence-electron chi connectivity index (χ3n) is 1.93. The van der Waals surface area contributed by atoms with Crippen LogP contribution in [0.3, 0.4) is 0 Å². The first kappa shape index (κ1) is 14.9. The second kappa shape index (κ2) is 6.51. The minimum Gasteiger partial charge on any atom is -0.330 e. The molecule has 6 heteroatoms. The van der Waals surface area contributed by atoms with E-state index in [0.29, 0.717) is 13.0 Å². The van der Waals surface area contributed by atoms with Gasteiger partial charge in [-0.15, -0.1) is 12.4 Å². The molecule has 1 aromatic rings. The molecular formula is C9H12Cl3FN2. The van der Waals surface area contributed by atoms with E-state index in [9.17, 15) is 4.39 Å². The van der Waals surface area contributed by atoms with Crippen LogP contribution in [0.5, 0.6) is 0 Å². The van der Waals surface area contributed by atoms with Gasteiger partial charge in [0.2, 0.25) is 0 Å². The van der Waals surface area contributed by atoms with Crippen molar-refractivity contribution in [3.8, 4) is 0 Å². The summed E-state index contributed by atoms with van der Waals surface area (Å²) in [4.78, 5) is 0. The summed E-state index contributed by atoms with van der Waals surface area (Å²) in [6.45, 7) is 0.378. The fourth-order valence-electron chi connectivity index (χ4n) is 1.21. The Labute approximate surface area is 104 Å². The molecule has 0 heterocycles. The molecule has 86 valence electrons. The van der Waals surface area contributed by atoms with Crippen LogP contribution in [0.2, 0.25) is 10.0 Å². The van der Waals surface area contributed by atoms with Crippen LogP contribution in [0, 0.1) is 5.82 Å². The quantitative estimate of drug-likeness (QED) is 0.832. The Morgan fingerprint density at radius 3 is 2.33 bits per heavy atom. The van der Waals surface area contributed by atoms with Gasteiger partial charge >= 0.3 is 0 Å². The fraction of sp³-hybridized carbons (Fsp3) is 0.333. The third kappa shape index (κ3) is 3.47. The molecule has 0 bridgehead atoms. The van der Waals surface area contributed by atoms with Crippen LogP contribution in [0.25, 0.3) is 0 Å². The van der Waals surface area contributed by atoms with E-state index in [4.69, 9.17) is 34.7 Å². The number of hydrogen-bond acceptors (Lipinski definition) is 2. The van der Waals surface area contributed by atoms with Crippen LogP contribution in [-0.4, -0.2) is 6.54 Å². The SMILES string of the molecule is Cl.NCC[C@@H](N)c1c(Cl)ccc(Cl)c1F. The maximum atomic E-state index is 13.5. The average molecular weight is 274 g/mol. The van der Waals surface area contributed by atoms with Crippen LogP contribution < -0.4 is 11.5 Å². The first-order valence-electron chi connectivity index (χ1n) is 4.17. The molecule has 4 N–H and O–H groups in total. The molecule has 2 nitrogen and oxygen atoms in total. The Kier molecular flexibility index (Phi) is 6.48. The highest BCUT2D eigenvalue weighted by molar-refractivity contribution is 6.33. The highest BCUT2D eigenvalue weighted by atomic mass is 35.5. The largest absolute Gasteiger partial charge is 0.330 e. The molecule has 1 atom stereocenters. The van der Waals surface area contributed by atoms with E-state index in [0.717, 1.165) is 0 Å². The van der Waals surface area contributed by atoms with E-state index in [1.807, 2.05) is 0 Å². The van der Waals surface area contributed by atoms with Crippen LogP contribution in [0.1, 0.15) is 18.0 Å². The van der Waals surface area contributed by atoms with E-state index in [-0.39, 0.29) is 28.0 Å². The monoisotopic (exact) mass is 272 g/mol. The summed E-state index contributed by atoms with van der Waals surface area (Å²) in [6, 6.07) is 2.42. The number of hydrogen-bond donors (Lipinski definition) is 2. The molecule has 15 heavy (non-hydrogen) atoms. The van der Waals surface area contributed by atoms with Crippen LogP contribution in [0.4, 0.5) is 4.39 Å². The molecule has 0 fully saturated rings. The lowest BCUT2D eigenvalue weighted by Crippen LogP contribution is -2.17. The molecule has 0 radical (unpaired) electrons. The van der Waals surface area contributed by atoms with E-state index < -0.39 is 11.9 Å². The summed E-state index contributed by atoms with van der Waals surface area (Å²) in [5.41, 5.74) is 11.3. The van der Waals surface area contributed by atoms with Gasteiger partial charge in [0.25, 0.3) is 0 Å². The second-order valence-electron chi connectivity index (χ2n) is 2.94. The third-order valence-corrected chi connectivity index (χ3v) is 2.55. The summed E-state index contributed by atoms with van der Waals surface area (Å²) in [5, 5.41) is 0.310. The van der Waals surface area contributed by atoms with Crippen LogP contribution in [-0.2, 0) is 0 Å². The molecule has 0 aliphatic rings. The van der Waals surface area contributed by atoms with Crippen molar-refractivity contribution in [2.24, 2.45) is 11.5 Å². The van der Waals surface area contributed by atoms with Crippen molar-refractivity contribution in [1.82, 2.24) is 0 Å². The van der Waals surface area contributed by atoms with Crippen molar-refractivity contribution >= 4 is 35.6 Å². The van der Waals surface area contributed by atoms with E-state index in [1.54, 1.807) is 0 Å². The van der Waals surface area contributed by atoms with Gasteiger partial charge in [-0.1, -0.05) is 23.2 Å². The van der Waals surface area contributed by atoms with Gasteiger partial charge in [-0.25, -0.2) is 4.39 Å². The molecule has 0 aliphatic carbocycles. The van der Waals surface area contributed by atoms with Crippen molar-refractivity contribution in [3.63, 3.8) is 0 Å². The number of rotatable bonds is 3. The highest BCUT2D eigenvalue weighted by Gasteiger charge is 2.17. The molecule has 0 saturated carbocycles. The van der Waals surface area contributed by atoms with E-state index in [2.05, 4.69) is 0 Å². The molecule has 0 spiro atoms. The van der Waals surface area contributed by atoms with Crippen molar-refractivity contribution < 1.29 is 4.39 Å². The second-order valence-corrected chi connectivity index (χ2v) is 3.76. The molecule has 1 aromatic carbocycles. The zero-order valence-electron chi connectivity index (χ0n) is 7.84. The maximum absolute atomic E-state index is 13.5. The zero-order valence-corrected chi connectivity index (χ0v) is 10.2. The molecule has 0 unspecified atom stereocenters. The predicted octanol–water partition coefficient (Wildman–Crippen LogP) is 2.90. The van der Waals surface area contributed by atoms with Gasteiger partial charge in [-0.3, -0.25) is 0 Å². The van der Waals surface area contributed by atoms with Gasteiger partial charge in [0.05, 0.1) is 5.02 Å². The average Bonchev–Trinajstić information content (AvgIpc) is 2.13. The Bertz CT molecular complexity index is 333. The molecule has 0 amide bonds. The lowest BCUT2D eigenvalue weighted by molar-refractivity contribution is 0.568. The van der Waals surface area contributed by atoms with Gasteiger partial charge in [0.15, 0.2) is 0 Å². The van der Waals surface area contributed by atoms with Crippen molar-refractivity contribution in [3.05, 3.63) is 33.6 Å². The standard InChI is InChI=1S/C9H11Cl2FN2.ClH/c10-5-1-2-6(11)9(12)8(5)7(14)3-4-13;/h1-2,7H,3-4,13-14H2;1H/t7-;/m1./s1. The van der Waals surface area contributed by atoms with Crippen LogP contribution >= 0.6 is 35.6 Å². The van der Waals surface area contributed by atoms with Gasteiger partial charge in [0.1, 0.15) is 5.82 Å². The number of benzene rings is 1. The predicted molar refractivity (Wildman–Crippen MR) is 64.3 cm³/mol. The first-order valence-corrected chi connectivity index (χ1v) is 4.92. The van der Waals surface area contributed by atoms with Crippen molar-refractivity contribution in [2.45, 2.75) is 12.5 Å². The lowest BCUT2D eigenvalue weighted by atomic mass is 10.0. The van der Waals surface area contributed by atoms with Crippen molar-refractivity contribution in [1.29, 1.82) is 0 Å². The molecule has 0 aromatic heterocycles. The summed E-state index contributed by atoms with van der Waals surface area (Å²) < 4.78 is 13.5. The summed E-state index contributed by atoms with van der Waals surface area (Å²) in [7, 11) is 0. The minimum atomic E-state index is -0.555. The smallest absolute Gasteiger partial charge is 0.148 e. The Morgan fingerprint density at radius 2 is 1.80 bits per heavy atom.